The Labute approximate surface area is 114 Å². The Bertz CT molecular complexity index is 489. The third kappa shape index (κ3) is 3.90. The van der Waals surface area contributed by atoms with Crippen molar-refractivity contribution in [1.82, 2.24) is 10.2 Å². The second-order valence-corrected chi connectivity index (χ2v) is 4.80. The quantitative estimate of drug-likeness (QED) is 0.649. The molecular formula is C11H12ClN3O2S. The van der Waals surface area contributed by atoms with Crippen LogP contribution in [0.3, 0.4) is 0 Å². The largest absolute Gasteiger partial charge is 0.493 e. The number of aromatic nitrogens is 2. The average Bonchev–Trinajstić information content (AvgIpc) is 2.85. The van der Waals surface area contributed by atoms with Crippen LogP contribution in [0.1, 0.15) is 5.89 Å². The minimum Gasteiger partial charge on any atom is -0.493 e. The Kier molecular flexibility index (Phi) is 4.86. The predicted octanol–water partition coefficient (Wildman–Crippen LogP) is 2.35. The van der Waals surface area contributed by atoms with E-state index in [-0.39, 0.29) is 6.54 Å². The van der Waals surface area contributed by atoms with Gasteiger partial charge in [0.25, 0.3) is 5.22 Å². The maximum atomic E-state index is 5.77. The minimum absolute atomic E-state index is 0.259. The van der Waals surface area contributed by atoms with E-state index in [0.29, 0.717) is 22.7 Å². The van der Waals surface area contributed by atoms with Crippen LogP contribution in [0.4, 0.5) is 0 Å². The van der Waals surface area contributed by atoms with Crippen molar-refractivity contribution < 1.29 is 9.15 Å². The van der Waals surface area contributed by atoms with Crippen LogP contribution in [-0.4, -0.2) is 22.6 Å². The minimum atomic E-state index is 0.259. The van der Waals surface area contributed by atoms with Crippen molar-refractivity contribution in [3.8, 4) is 5.75 Å². The summed E-state index contributed by atoms with van der Waals surface area (Å²) in [5.41, 5.74) is 5.37. The lowest BCUT2D eigenvalue weighted by molar-refractivity contribution is 0.343. The fraction of sp³-hybridized carbons (Fsp3) is 0.273. The van der Waals surface area contributed by atoms with Gasteiger partial charge in [-0.1, -0.05) is 23.4 Å². The normalized spacial score (nSPS) is 10.6. The second kappa shape index (κ2) is 6.63. The van der Waals surface area contributed by atoms with Gasteiger partial charge in [-0.15, -0.1) is 10.2 Å². The summed E-state index contributed by atoms with van der Waals surface area (Å²) in [6, 6.07) is 7.23. The molecule has 0 unspecified atom stereocenters. The zero-order valence-electron chi connectivity index (χ0n) is 9.51. The second-order valence-electron chi connectivity index (χ2n) is 3.32. The standard InChI is InChI=1S/C11H12ClN3O2S/c12-8-1-3-9(4-2-8)16-5-6-18-11-15-14-10(7-13)17-11/h1-4H,5-7,13H2. The lowest BCUT2D eigenvalue weighted by Crippen LogP contribution is -1.99. The molecule has 0 radical (unpaired) electrons. The zero-order valence-corrected chi connectivity index (χ0v) is 11.1. The summed E-state index contributed by atoms with van der Waals surface area (Å²) in [6.45, 7) is 0.807. The van der Waals surface area contributed by atoms with Crippen molar-refractivity contribution in [3.05, 3.63) is 35.2 Å². The summed E-state index contributed by atoms with van der Waals surface area (Å²) < 4.78 is 10.8. The molecule has 0 atom stereocenters. The van der Waals surface area contributed by atoms with Crippen LogP contribution < -0.4 is 10.5 Å². The van der Waals surface area contributed by atoms with Crippen LogP contribution in [0.2, 0.25) is 5.02 Å². The summed E-state index contributed by atoms with van der Waals surface area (Å²) in [5.74, 6) is 1.94. The van der Waals surface area contributed by atoms with Crippen LogP contribution in [-0.2, 0) is 6.54 Å². The number of nitrogens with zero attached hydrogens (tertiary/aromatic N) is 2. The lowest BCUT2D eigenvalue weighted by Gasteiger charge is -2.04. The summed E-state index contributed by atoms with van der Waals surface area (Å²) in [5, 5.41) is 8.80. The SMILES string of the molecule is NCc1nnc(SCCOc2ccc(Cl)cc2)o1. The summed E-state index contributed by atoms with van der Waals surface area (Å²) in [4.78, 5) is 0. The monoisotopic (exact) mass is 285 g/mol. The first-order valence-electron chi connectivity index (χ1n) is 5.31. The Hall–Kier alpha value is -1.24. The van der Waals surface area contributed by atoms with Crippen molar-refractivity contribution in [2.24, 2.45) is 5.73 Å². The molecule has 96 valence electrons. The maximum Gasteiger partial charge on any atom is 0.276 e. The highest BCUT2D eigenvalue weighted by molar-refractivity contribution is 7.99. The Morgan fingerprint density at radius 3 is 2.72 bits per heavy atom. The Morgan fingerprint density at radius 1 is 1.28 bits per heavy atom. The molecule has 0 aliphatic heterocycles. The van der Waals surface area contributed by atoms with E-state index in [4.69, 9.17) is 26.5 Å². The number of ether oxygens (including phenoxy) is 1. The van der Waals surface area contributed by atoms with Gasteiger partial charge >= 0.3 is 0 Å². The van der Waals surface area contributed by atoms with Gasteiger partial charge in [-0.05, 0) is 24.3 Å². The highest BCUT2D eigenvalue weighted by Crippen LogP contribution is 2.18. The van der Waals surface area contributed by atoms with E-state index >= 15 is 0 Å². The van der Waals surface area contributed by atoms with E-state index in [1.165, 1.54) is 11.8 Å². The number of nitrogens with two attached hydrogens (primary N) is 1. The first-order valence-corrected chi connectivity index (χ1v) is 6.68. The highest BCUT2D eigenvalue weighted by atomic mass is 35.5. The van der Waals surface area contributed by atoms with Crippen molar-refractivity contribution in [2.45, 2.75) is 11.8 Å². The van der Waals surface area contributed by atoms with Gasteiger partial charge in [-0.2, -0.15) is 0 Å². The molecule has 5 nitrogen and oxygen atoms in total. The molecule has 0 aliphatic carbocycles. The van der Waals surface area contributed by atoms with Crippen LogP contribution in [0.15, 0.2) is 33.9 Å². The molecule has 18 heavy (non-hydrogen) atoms. The molecule has 0 saturated carbocycles. The van der Waals surface area contributed by atoms with E-state index in [1.54, 1.807) is 12.1 Å². The average molecular weight is 286 g/mol. The van der Waals surface area contributed by atoms with Crippen molar-refractivity contribution in [2.75, 3.05) is 12.4 Å². The van der Waals surface area contributed by atoms with Crippen molar-refractivity contribution in [1.29, 1.82) is 0 Å². The fourth-order valence-electron chi connectivity index (χ4n) is 1.20. The van der Waals surface area contributed by atoms with Crippen LogP contribution in [0.5, 0.6) is 5.75 Å². The molecule has 0 amide bonds. The summed E-state index contributed by atoms with van der Waals surface area (Å²) >= 11 is 7.20. The molecule has 2 rings (SSSR count). The molecule has 2 N–H and O–H groups in total. The first-order chi connectivity index (χ1) is 8.78. The molecule has 1 heterocycles. The smallest absolute Gasteiger partial charge is 0.276 e. The third-order valence-corrected chi connectivity index (χ3v) is 3.05. The fourth-order valence-corrected chi connectivity index (χ4v) is 1.92. The number of hydrogen-bond donors (Lipinski definition) is 1. The molecule has 7 heteroatoms. The van der Waals surface area contributed by atoms with Gasteiger partial charge in [-0.25, -0.2) is 0 Å². The van der Waals surface area contributed by atoms with E-state index in [9.17, 15) is 0 Å². The van der Waals surface area contributed by atoms with Gasteiger partial charge in [0.15, 0.2) is 0 Å². The van der Waals surface area contributed by atoms with Gasteiger partial charge in [0, 0.05) is 10.8 Å². The number of rotatable bonds is 6. The summed E-state index contributed by atoms with van der Waals surface area (Å²) in [7, 11) is 0. The molecule has 1 aromatic heterocycles. The zero-order chi connectivity index (χ0) is 12.8. The Balaban J connectivity index is 1.71. The molecule has 2 aromatic rings. The lowest BCUT2D eigenvalue weighted by atomic mass is 10.3. The van der Waals surface area contributed by atoms with E-state index < -0.39 is 0 Å². The molecule has 0 spiro atoms. The van der Waals surface area contributed by atoms with E-state index in [0.717, 1.165) is 11.5 Å². The predicted molar refractivity (Wildman–Crippen MR) is 69.9 cm³/mol. The van der Waals surface area contributed by atoms with Gasteiger partial charge in [0.1, 0.15) is 5.75 Å². The third-order valence-electron chi connectivity index (χ3n) is 2.01. The summed E-state index contributed by atoms with van der Waals surface area (Å²) in [6.07, 6.45) is 0. The molecular weight excluding hydrogens is 274 g/mol. The number of thioether (sulfide) groups is 1. The number of benzene rings is 1. The Morgan fingerprint density at radius 2 is 2.06 bits per heavy atom. The van der Waals surface area contributed by atoms with Crippen LogP contribution >= 0.6 is 23.4 Å². The number of halogens is 1. The van der Waals surface area contributed by atoms with E-state index in [2.05, 4.69) is 10.2 Å². The van der Waals surface area contributed by atoms with Crippen molar-refractivity contribution in [3.63, 3.8) is 0 Å². The topological polar surface area (TPSA) is 74.2 Å². The van der Waals surface area contributed by atoms with Gasteiger partial charge < -0.3 is 14.9 Å². The highest BCUT2D eigenvalue weighted by Gasteiger charge is 2.04. The molecule has 0 saturated heterocycles. The van der Waals surface area contributed by atoms with Crippen LogP contribution in [0.25, 0.3) is 0 Å². The number of hydrogen-bond acceptors (Lipinski definition) is 6. The van der Waals surface area contributed by atoms with Gasteiger partial charge in [-0.3, -0.25) is 0 Å². The van der Waals surface area contributed by atoms with Gasteiger partial charge in [0.2, 0.25) is 5.89 Å². The van der Waals surface area contributed by atoms with Crippen molar-refractivity contribution >= 4 is 23.4 Å². The van der Waals surface area contributed by atoms with E-state index in [1.807, 2.05) is 12.1 Å². The maximum absolute atomic E-state index is 5.77. The molecule has 1 aromatic carbocycles. The van der Waals surface area contributed by atoms with Crippen LogP contribution in [0, 0.1) is 0 Å². The van der Waals surface area contributed by atoms with Gasteiger partial charge in [0.05, 0.1) is 13.2 Å². The molecule has 0 aliphatic rings. The molecule has 0 bridgehead atoms. The first kappa shape index (κ1) is 13.2. The molecule has 0 fully saturated rings.